The minimum atomic E-state index is -0.869. The first-order valence-corrected chi connectivity index (χ1v) is 7.72. The number of carbonyl (C=O) groups excluding carboxylic acids is 2. The Balaban J connectivity index is 2.01. The minimum Gasteiger partial charge on any atom is -0.390 e. The van der Waals surface area contributed by atoms with Crippen molar-refractivity contribution in [2.45, 2.75) is 38.5 Å². The molecule has 1 saturated carbocycles. The van der Waals surface area contributed by atoms with E-state index in [-0.39, 0.29) is 30.2 Å². The topological polar surface area (TPSA) is 60.9 Å². The van der Waals surface area contributed by atoms with Gasteiger partial charge in [-0.15, -0.1) is 0 Å². The number of halogens is 1. The Labute approximate surface area is 135 Å². The van der Waals surface area contributed by atoms with Crippen LogP contribution in [0.4, 0.5) is 4.39 Å². The third-order valence-corrected chi connectivity index (χ3v) is 4.58. The van der Waals surface area contributed by atoms with Crippen LogP contribution in [0.25, 0.3) is 0 Å². The zero-order valence-electron chi connectivity index (χ0n) is 13.7. The lowest BCUT2D eigenvalue weighted by molar-refractivity contribution is -0.140. The molecule has 2 amide bonds. The van der Waals surface area contributed by atoms with E-state index in [0.717, 1.165) is 0 Å². The fraction of sp³-hybridized carbons (Fsp3) is 0.529. The van der Waals surface area contributed by atoms with E-state index in [0.29, 0.717) is 18.4 Å². The molecular formula is C17H23FN2O3. The quantitative estimate of drug-likeness (QED) is 0.911. The Bertz CT molecular complexity index is 593. The number of rotatable bonds is 4. The average molecular weight is 322 g/mol. The van der Waals surface area contributed by atoms with Crippen LogP contribution in [0.1, 0.15) is 25.3 Å². The fourth-order valence-corrected chi connectivity index (χ4v) is 3.16. The Hall–Kier alpha value is -1.95. The summed E-state index contributed by atoms with van der Waals surface area (Å²) in [6.45, 7) is 1.73. The van der Waals surface area contributed by atoms with Gasteiger partial charge in [0, 0.05) is 27.6 Å². The number of aliphatic hydroxyl groups excluding tert-OH is 1. The number of nitrogens with zero attached hydrogens (tertiary/aromatic N) is 2. The molecular weight excluding hydrogens is 299 g/mol. The molecule has 1 aromatic rings. The van der Waals surface area contributed by atoms with E-state index < -0.39 is 12.0 Å². The molecule has 0 spiro atoms. The molecule has 1 aliphatic carbocycles. The molecule has 1 aromatic carbocycles. The van der Waals surface area contributed by atoms with Gasteiger partial charge in [-0.05, 0) is 30.5 Å². The largest absolute Gasteiger partial charge is 0.390 e. The summed E-state index contributed by atoms with van der Waals surface area (Å²) in [4.78, 5) is 27.0. The zero-order chi connectivity index (χ0) is 17.1. The lowest BCUT2D eigenvalue weighted by Crippen LogP contribution is -2.45. The standard InChI is InChI=1S/C17H23FN2O3/c1-11(21)20(3)15-8-7-14(16(15)22)17(23)19(2)10-12-5-4-6-13(18)9-12/h4-6,9,14-16,22H,7-8,10H2,1-3H3/t14-,15-,16+/m1/s1. The molecule has 0 heterocycles. The van der Waals surface area contributed by atoms with Gasteiger partial charge in [-0.2, -0.15) is 0 Å². The minimum absolute atomic E-state index is 0.129. The third-order valence-electron chi connectivity index (χ3n) is 4.58. The lowest BCUT2D eigenvalue weighted by atomic mass is 10.0. The van der Waals surface area contributed by atoms with E-state index in [4.69, 9.17) is 0 Å². The van der Waals surface area contributed by atoms with Crippen LogP contribution in [0.2, 0.25) is 0 Å². The van der Waals surface area contributed by atoms with Crippen LogP contribution in [0.15, 0.2) is 24.3 Å². The number of hydrogen-bond acceptors (Lipinski definition) is 3. The summed E-state index contributed by atoms with van der Waals surface area (Å²) >= 11 is 0. The summed E-state index contributed by atoms with van der Waals surface area (Å²) in [5.74, 6) is -1.18. The van der Waals surface area contributed by atoms with Crippen LogP contribution in [-0.4, -0.2) is 53.0 Å². The summed E-state index contributed by atoms with van der Waals surface area (Å²) in [7, 11) is 3.28. The second-order valence-electron chi connectivity index (χ2n) is 6.20. The number of hydrogen-bond donors (Lipinski definition) is 1. The van der Waals surface area contributed by atoms with Gasteiger partial charge >= 0.3 is 0 Å². The van der Waals surface area contributed by atoms with Gasteiger partial charge in [0.25, 0.3) is 0 Å². The van der Waals surface area contributed by atoms with Crippen molar-refractivity contribution in [3.63, 3.8) is 0 Å². The molecule has 126 valence electrons. The molecule has 6 heteroatoms. The van der Waals surface area contributed by atoms with E-state index in [1.807, 2.05) is 0 Å². The number of amides is 2. The van der Waals surface area contributed by atoms with Crippen LogP contribution in [0.3, 0.4) is 0 Å². The number of benzene rings is 1. The molecule has 5 nitrogen and oxygen atoms in total. The van der Waals surface area contributed by atoms with Crippen LogP contribution in [-0.2, 0) is 16.1 Å². The van der Waals surface area contributed by atoms with E-state index >= 15 is 0 Å². The van der Waals surface area contributed by atoms with E-state index in [2.05, 4.69) is 0 Å². The maximum Gasteiger partial charge on any atom is 0.228 e. The molecule has 1 aliphatic rings. The molecule has 2 rings (SSSR count). The monoisotopic (exact) mass is 322 g/mol. The van der Waals surface area contributed by atoms with Gasteiger partial charge in [-0.25, -0.2) is 4.39 Å². The molecule has 3 atom stereocenters. The molecule has 1 fully saturated rings. The molecule has 23 heavy (non-hydrogen) atoms. The smallest absolute Gasteiger partial charge is 0.228 e. The summed E-state index contributed by atoms with van der Waals surface area (Å²) in [5, 5.41) is 10.4. The number of likely N-dealkylation sites (N-methyl/N-ethyl adjacent to an activating group) is 1. The summed E-state index contributed by atoms with van der Waals surface area (Å²) < 4.78 is 13.2. The average Bonchev–Trinajstić information content (AvgIpc) is 2.87. The van der Waals surface area contributed by atoms with Crippen molar-refractivity contribution in [1.29, 1.82) is 0 Å². The van der Waals surface area contributed by atoms with Crippen molar-refractivity contribution in [2.75, 3.05) is 14.1 Å². The molecule has 0 unspecified atom stereocenters. The molecule has 0 saturated heterocycles. The predicted molar refractivity (Wildman–Crippen MR) is 83.8 cm³/mol. The van der Waals surface area contributed by atoms with E-state index in [1.54, 1.807) is 26.2 Å². The normalized spacial score (nSPS) is 23.6. The summed E-state index contributed by atoms with van der Waals surface area (Å²) in [6, 6.07) is 5.77. The van der Waals surface area contributed by atoms with Crippen molar-refractivity contribution < 1.29 is 19.1 Å². The molecule has 0 bridgehead atoms. The Morgan fingerprint density at radius 1 is 1.30 bits per heavy atom. The van der Waals surface area contributed by atoms with Crippen LogP contribution >= 0.6 is 0 Å². The van der Waals surface area contributed by atoms with Crippen molar-refractivity contribution in [3.8, 4) is 0 Å². The van der Waals surface area contributed by atoms with Gasteiger partial charge in [0.15, 0.2) is 0 Å². The number of aliphatic hydroxyl groups is 1. The van der Waals surface area contributed by atoms with Crippen molar-refractivity contribution in [2.24, 2.45) is 5.92 Å². The SMILES string of the molecule is CC(=O)N(C)[C@@H]1CC[C@@H](C(=O)N(C)Cc2cccc(F)c2)[C@@H]1O. The van der Waals surface area contributed by atoms with Crippen molar-refractivity contribution in [1.82, 2.24) is 9.80 Å². The highest BCUT2D eigenvalue weighted by molar-refractivity contribution is 5.80. The Kier molecular flexibility index (Phi) is 5.36. The van der Waals surface area contributed by atoms with Crippen LogP contribution in [0.5, 0.6) is 0 Å². The first-order valence-electron chi connectivity index (χ1n) is 7.72. The second-order valence-corrected chi connectivity index (χ2v) is 6.20. The summed E-state index contributed by atoms with van der Waals surface area (Å²) in [5.41, 5.74) is 0.700. The first-order chi connectivity index (χ1) is 10.8. The van der Waals surface area contributed by atoms with Gasteiger partial charge in [0.2, 0.25) is 11.8 Å². The van der Waals surface area contributed by atoms with Crippen molar-refractivity contribution >= 4 is 11.8 Å². The predicted octanol–water partition coefficient (Wildman–Crippen LogP) is 1.40. The van der Waals surface area contributed by atoms with Crippen molar-refractivity contribution in [3.05, 3.63) is 35.6 Å². The highest BCUT2D eigenvalue weighted by Gasteiger charge is 2.42. The zero-order valence-corrected chi connectivity index (χ0v) is 13.7. The Morgan fingerprint density at radius 2 is 2.00 bits per heavy atom. The number of carbonyl (C=O) groups is 2. The second kappa shape index (κ2) is 7.08. The molecule has 0 radical (unpaired) electrons. The van der Waals surface area contributed by atoms with E-state index in [1.165, 1.54) is 28.9 Å². The van der Waals surface area contributed by atoms with Gasteiger partial charge in [0.05, 0.1) is 18.1 Å². The first kappa shape index (κ1) is 17.4. The Morgan fingerprint density at radius 3 is 2.61 bits per heavy atom. The highest BCUT2D eigenvalue weighted by Crippen LogP contribution is 2.31. The molecule has 0 aliphatic heterocycles. The van der Waals surface area contributed by atoms with Gasteiger partial charge < -0.3 is 14.9 Å². The van der Waals surface area contributed by atoms with E-state index in [9.17, 15) is 19.1 Å². The van der Waals surface area contributed by atoms with Gasteiger partial charge in [0.1, 0.15) is 5.82 Å². The summed E-state index contributed by atoms with van der Waals surface area (Å²) in [6.07, 6.45) is 0.267. The lowest BCUT2D eigenvalue weighted by Gasteiger charge is -2.29. The molecule has 1 N–H and O–H groups in total. The van der Waals surface area contributed by atoms with Gasteiger partial charge in [-0.1, -0.05) is 12.1 Å². The maximum absolute atomic E-state index is 13.2. The molecule has 0 aromatic heterocycles. The van der Waals surface area contributed by atoms with Crippen LogP contribution < -0.4 is 0 Å². The third kappa shape index (κ3) is 3.88. The maximum atomic E-state index is 13.2. The highest BCUT2D eigenvalue weighted by atomic mass is 19.1. The van der Waals surface area contributed by atoms with Gasteiger partial charge in [-0.3, -0.25) is 9.59 Å². The fourth-order valence-electron chi connectivity index (χ4n) is 3.16. The van der Waals surface area contributed by atoms with Crippen LogP contribution in [0, 0.1) is 11.7 Å².